The number of aliphatic hydroxyl groups excluding tert-OH is 1. The highest BCUT2D eigenvalue weighted by Crippen LogP contribution is 2.45. The Morgan fingerprint density at radius 3 is 2.56 bits per heavy atom. The maximum atomic E-state index is 12.7. The van der Waals surface area contributed by atoms with Crippen LogP contribution in [-0.4, -0.2) is 97.5 Å². The first-order valence-corrected chi connectivity index (χ1v) is 14.7. The zero-order valence-corrected chi connectivity index (χ0v) is 25.1. The molecule has 4 N–H and O–H groups in total. The molecular formula is C30H41ClN6O4. The van der Waals surface area contributed by atoms with Gasteiger partial charge in [-0.2, -0.15) is 0 Å². The van der Waals surface area contributed by atoms with Gasteiger partial charge in [0.15, 0.2) is 11.6 Å². The van der Waals surface area contributed by atoms with Crippen molar-refractivity contribution in [2.24, 2.45) is 11.1 Å². The van der Waals surface area contributed by atoms with Crippen LogP contribution in [0.15, 0.2) is 23.9 Å². The molecule has 0 radical (unpaired) electrons. The number of carbonyl (C=O) groups is 1. The number of anilines is 1. The van der Waals surface area contributed by atoms with Gasteiger partial charge in [-0.05, 0) is 71.9 Å². The van der Waals surface area contributed by atoms with E-state index in [1.54, 1.807) is 32.2 Å². The van der Waals surface area contributed by atoms with E-state index in [9.17, 15) is 9.90 Å². The molecule has 3 fully saturated rings. The maximum absolute atomic E-state index is 12.7. The van der Waals surface area contributed by atoms with Gasteiger partial charge in [-0.25, -0.2) is 9.97 Å². The molecule has 1 aromatic heterocycles. The van der Waals surface area contributed by atoms with Gasteiger partial charge in [0.2, 0.25) is 0 Å². The highest BCUT2D eigenvalue weighted by Gasteiger charge is 2.47. The number of Topliss-reactive ketones (excluding diaryl/α,β-unsaturated/α-hetero) is 1. The summed E-state index contributed by atoms with van der Waals surface area (Å²) in [4.78, 5) is 27.4. The van der Waals surface area contributed by atoms with Gasteiger partial charge in [0, 0.05) is 41.9 Å². The molecule has 1 aromatic carbocycles. The van der Waals surface area contributed by atoms with Crippen molar-refractivity contribution in [1.82, 2.24) is 20.2 Å². The zero-order chi connectivity index (χ0) is 29.3. The van der Waals surface area contributed by atoms with E-state index in [0.717, 1.165) is 63.6 Å². The number of likely N-dealkylation sites (tertiary alicyclic amines) is 1. The van der Waals surface area contributed by atoms with Crippen molar-refractivity contribution in [2.45, 2.75) is 45.8 Å². The number of aliphatic hydroxyl groups is 1. The lowest BCUT2D eigenvalue weighted by atomic mass is 9.71. The quantitative estimate of drug-likeness (QED) is 0.359. The highest BCUT2D eigenvalue weighted by atomic mass is 35.5. The predicted octanol–water partition coefficient (Wildman–Crippen LogP) is 2.64. The molecule has 0 saturated carbocycles. The summed E-state index contributed by atoms with van der Waals surface area (Å²) in [6.07, 6.45) is 1.64. The van der Waals surface area contributed by atoms with E-state index < -0.39 is 6.10 Å². The highest BCUT2D eigenvalue weighted by molar-refractivity contribution is 6.33. The Morgan fingerprint density at radius 2 is 1.98 bits per heavy atom. The van der Waals surface area contributed by atoms with Crippen LogP contribution in [0.2, 0.25) is 5.02 Å². The van der Waals surface area contributed by atoms with Crippen LogP contribution in [0.5, 0.6) is 5.75 Å². The van der Waals surface area contributed by atoms with Crippen molar-refractivity contribution in [3.63, 3.8) is 0 Å². The number of nitrogens with two attached hydrogens (primary N) is 1. The summed E-state index contributed by atoms with van der Waals surface area (Å²) in [5.41, 5.74) is 9.19. The second-order valence-corrected chi connectivity index (χ2v) is 12.1. The minimum atomic E-state index is -0.656. The van der Waals surface area contributed by atoms with Gasteiger partial charge in [0.1, 0.15) is 24.3 Å². The summed E-state index contributed by atoms with van der Waals surface area (Å²) in [5.74, 6) is 1.57. The number of piperidine rings is 1. The summed E-state index contributed by atoms with van der Waals surface area (Å²) in [6.45, 7) is 11.4. The Labute approximate surface area is 246 Å². The Balaban J connectivity index is 1.46. The second kappa shape index (κ2) is 12.2. The molecule has 1 spiro atoms. The average Bonchev–Trinajstić information content (AvgIpc) is 2.87. The topological polar surface area (TPSA) is 126 Å². The van der Waals surface area contributed by atoms with Crippen LogP contribution in [0, 0.1) is 12.3 Å². The molecular weight excluding hydrogens is 544 g/mol. The van der Waals surface area contributed by atoms with Gasteiger partial charge in [-0.3, -0.25) is 9.69 Å². The van der Waals surface area contributed by atoms with Gasteiger partial charge in [-0.1, -0.05) is 11.6 Å². The van der Waals surface area contributed by atoms with Crippen LogP contribution in [-0.2, 0) is 9.53 Å². The molecule has 3 saturated heterocycles. The molecule has 222 valence electrons. The molecule has 4 heterocycles. The molecule has 41 heavy (non-hydrogen) atoms. The van der Waals surface area contributed by atoms with E-state index in [4.69, 9.17) is 36.8 Å². The summed E-state index contributed by atoms with van der Waals surface area (Å²) >= 11 is 6.67. The fourth-order valence-electron chi connectivity index (χ4n) is 6.09. The molecule has 0 aliphatic carbocycles. The first kappa shape index (κ1) is 29.7. The lowest BCUT2D eigenvalue weighted by Crippen LogP contribution is -2.63. The van der Waals surface area contributed by atoms with Crippen molar-refractivity contribution in [2.75, 3.05) is 64.5 Å². The Bertz CT molecular complexity index is 1310. The van der Waals surface area contributed by atoms with Crippen LogP contribution >= 0.6 is 11.6 Å². The minimum Gasteiger partial charge on any atom is -0.491 e. The van der Waals surface area contributed by atoms with Gasteiger partial charge < -0.3 is 30.5 Å². The fraction of sp³-hybridized carbons (Fsp3) is 0.567. The number of rotatable bonds is 10. The van der Waals surface area contributed by atoms with E-state index in [0.29, 0.717) is 51.7 Å². The van der Waals surface area contributed by atoms with Crippen LogP contribution in [0.1, 0.15) is 37.9 Å². The fourth-order valence-corrected chi connectivity index (χ4v) is 6.29. The van der Waals surface area contributed by atoms with Crippen molar-refractivity contribution in [3.05, 3.63) is 40.2 Å². The number of nitrogens with one attached hydrogen (secondary N) is 1. The number of hydrogen-bond acceptors (Lipinski definition) is 10. The number of hydrogen-bond donors (Lipinski definition) is 3. The van der Waals surface area contributed by atoms with Crippen molar-refractivity contribution in [1.29, 1.82) is 0 Å². The lowest BCUT2D eigenvalue weighted by Gasteiger charge is -2.56. The number of nitrogens with zero attached hydrogens (tertiary/aromatic N) is 4. The first-order valence-electron chi connectivity index (χ1n) is 14.3. The van der Waals surface area contributed by atoms with E-state index in [2.05, 4.69) is 15.1 Å². The number of aromatic nitrogens is 2. The van der Waals surface area contributed by atoms with E-state index in [1.165, 1.54) is 6.92 Å². The molecule has 10 nitrogen and oxygen atoms in total. The van der Waals surface area contributed by atoms with Gasteiger partial charge in [-0.15, -0.1) is 0 Å². The number of ether oxygens (including phenoxy) is 2. The minimum absolute atomic E-state index is 0.123. The predicted molar refractivity (Wildman–Crippen MR) is 160 cm³/mol. The van der Waals surface area contributed by atoms with E-state index in [1.807, 2.05) is 6.92 Å². The number of benzene rings is 1. The zero-order valence-electron chi connectivity index (χ0n) is 24.4. The molecule has 2 aromatic rings. The molecule has 1 atom stereocenters. The van der Waals surface area contributed by atoms with Crippen molar-refractivity contribution in [3.8, 4) is 17.1 Å². The molecule has 0 unspecified atom stereocenters. The molecule has 0 bridgehead atoms. The molecule has 3 aliphatic rings. The molecule has 5 rings (SSSR count). The largest absolute Gasteiger partial charge is 0.491 e. The number of allylic oxidation sites excluding steroid dienone is 2. The SMILES string of the molecule is CNC[C@@H](O)COc1ccc(Cl)c(-c2nc(C(C(C)=O)=C(C)N)c(C)c(N3CC4(CCN(C5COC5)CC4)C3)n2)c1. The summed E-state index contributed by atoms with van der Waals surface area (Å²) < 4.78 is 11.2. The van der Waals surface area contributed by atoms with Crippen LogP contribution in [0.4, 0.5) is 5.82 Å². The first-order chi connectivity index (χ1) is 19.6. The monoisotopic (exact) mass is 584 g/mol. The van der Waals surface area contributed by atoms with Crippen molar-refractivity contribution >= 4 is 28.8 Å². The summed E-state index contributed by atoms with van der Waals surface area (Å²) in [5, 5.41) is 13.5. The van der Waals surface area contributed by atoms with Gasteiger partial charge >= 0.3 is 0 Å². The average molecular weight is 585 g/mol. The smallest absolute Gasteiger partial charge is 0.163 e. The van der Waals surface area contributed by atoms with Crippen molar-refractivity contribution < 1.29 is 19.4 Å². The Hall–Kier alpha value is -2.76. The number of likely N-dealkylation sites (N-methyl/N-ethyl adjacent to an activating group) is 1. The van der Waals surface area contributed by atoms with Crippen LogP contribution < -0.4 is 20.7 Å². The molecule has 11 heteroatoms. The van der Waals surface area contributed by atoms with E-state index >= 15 is 0 Å². The van der Waals surface area contributed by atoms with E-state index in [-0.39, 0.29) is 17.8 Å². The second-order valence-electron chi connectivity index (χ2n) is 11.7. The molecule has 0 amide bonds. The van der Waals surface area contributed by atoms with Crippen LogP contribution in [0.3, 0.4) is 0 Å². The standard InChI is InChI=1S/C30H41ClN6O4/c1-18-27(26(19(2)32)20(3)38)34-28(24-11-23(5-6-25(24)31)41-15-22(39)12-33-4)35-29(18)37-16-30(17-37)7-9-36(10-8-30)21-13-40-14-21/h5-6,11,21-22,33,39H,7-10,12-17,32H2,1-4H3/t22-/m1/s1. The third-order valence-electron chi connectivity index (χ3n) is 8.51. The normalized spacial score (nSPS) is 20.3. The Morgan fingerprint density at radius 1 is 1.27 bits per heavy atom. The number of carbonyl (C=O) groups excluding carboxylic acids is 1. The van der Waals surface area contributed by atoms with Gasteiger partial charge in [0.05, 0.1) is 35.5 Å². The number of ketones is 1. The van der Waals surface area contributed by atoms with Crippen LogP contribution in [0.25, 0.3) is 17.0 Å². The lowest BCUT2D eigenvalue weighted by molar-refractivity contribution is -0.111. The summed E-state index contributed by atoms with van der Waals surface area (Å²) in [6, 6.07) is 5.83. The third-order valence-corrected chi connectivity index (χ3v) is 8.84. The van der Waals surface area contributed by atoms with Gasteiger partial charge in [0.25, 0.3) is 0 Å². The maximum Gasteiger partial charge on any atom is 0.163 e. The molecule has 3 aliphatic heterocycles. The Kier molecular flexibility index (Phi) is 8.87. The third kappa shape index (κ3) is 6.22. The summed E-state index contributed by atoms with van der Waals surface area (Å²) in [7, 11) is 1.77. The number of halogens is 1.